The SMILES string of the molecule is Cc1cc(C#N)nc(N2CCCC(C(C)(C)C)CC2)n1. The van der Waals surface area contributed by atoms with Crippen LogP contribution in [0.25, 0.3) is 0 Å². The molecule has 0 bridgehead atoms. The van der Waals surface area contributed by atoms with Crippen LogP contribution < -0.4 is 4.90 Å². The van der Waals surface area contributed by atoms with Crippen LogP contribution in [0.3, 0.4) is 0 Å². The summed E-state index contributed by atoms with van der Waals surface area (Å²) in [6, 6.07) is 3.85. The summed E-state index contributed by atoms with van der Waals surface area (Å²) in [7, 11) is 0. The first-order valence-corrected chi connectivity index (χ1v) is 7.41. The Hall–Kier alpha value is -1.63. The minimum Gasteiger partial charge on any atom is -0.341 e. The molecule has 0 radical (unpaired) electrons. The Morgan fingerprint density at radius 2 is 2.00 bits per heavy atom. The molecule has 2 rings (SSSR count). The van der Waals surface area contributed by atoms with Gasteiger partial charge < -0.3 is 4.90 Å². The van der Waals surface area contributed by atoms with Gasteiger partial charge in [0.1, 0.15) is 11.8 Å². The predicted molar refractivity (Wildman–Crippen MR) is 80.5 cm³/mol. The highest BCUT2D eigenvalue weighted by atomic mass is 15.2. The zero-order valence-electron chi connectivity index (χ0n) is 13.0. The van der Waals surface area contributed by atoms with Crippen molar-refractivity contribution in [2.45, 2.75) is 47.0 Å². The summed E-state index contributed by atoms with van der Waals surface area (Å²) in [6.45, 7) is 10.9. The summed E-state index contributed by atoms with van der Waals surface area (Å²) in [5.74, 6) is 1.46. The van der Waals surface area contributed by atoms with Crippen molar-refractivity contribution in [3.05, 3.63) is 17.5 Å². The van der Waals surface area contributed by atoms with Crippen molar-refractivity contribution >= 4 is 5.95 Å². The molecule has 0 aromatic carbocycles. The highest BCUT2D eigenvalue weighted by molar-refractivity contribution is 5.36. The third-order valence-corrected chi connectivity index (χ3v) is 4.19. The molecule has 1 saturated heterocycles. The number of rotatable bonds is 1. The van der Waals surface area contributed by atoms with Gasteiger partial charge in [-0.1, -0.05) is 20.8 Å². The Bertz CT molecular complexity index is 510. The first-order chi connectivity index (χ1) is 9.40. The molecule has 4 heteroatoms. The lowest BCUT2D eigenvalue weighted by molar-refractivity contribution is 0.220. The summed E-state index contributed by atoms with van der Waals surface area (Å²) >= 11 is 0. The first kappa shape index (κ1) is 14.8. The summed E-state index contributed by atoms with van der Waals surface area (Å²) < 4.78 is 0. The van der Waals surface area contributed by atoms with E-state index in [4.69, 9.17) is 5.26 Å². The zero-order chi connectivity index (χ0) is 14.8. The molecule has 1 atom stereocenters. The number of aryl methyl sites for hydroxylation is 1. The molecule has 4 nitrogen and oxygen atoms in total. The molecule has 20 heavy (non-hydrogen) atoms. The van der Waals surface area contributed by atoms with Crippen LogP contribution >= 0.6 is 0 Å². The van der Waals surface area contributed by atoms with Crippen LogP contribution in [0.1, 0.15) is 51.4 Å². The van der Waals surface area contributed by atoms with Crippen LogP contribution in [0.15, 0.2) is 6.07 Å². The summed E-state index contributed by atoms with van der Waals surface area (Å²) in [5.41, 5.74) is 1.69. The minimum atomic E-state index is 0.362. The van der Waals surface area contributed by atoms with Crippen LogP contribution in [0, 0.1) is 29.6 Å². The van der Waals surface area contributed by atoms with Gasteiger partial charge in [0.25, 0.3) is 0 Å². The molecule has 0 amide bonds. The van der Waals surface area contributed by atoms with Crippen molar-refractivity contribution in [3.8, 4) is 6.07 Å². The molecule has 108 valence electrons. The van der Waals surface area contributed by atoms with Gasteiger partial charge in [0, 0.05) is 18.8 Å². The molecular weight excluding hydrogens is 248 g/mol. The average Bonchev–Trinajstić information content (AvgIpc) is 2.63. The fraction of sp³-hybridized carbons (Fsp3) is 0.688. The lowest BCUT2D eigenvalue weighted by atomic mass is 9.77. The molecular formula is C16H24N4. The van der Waals surface area contributed by atoms with Crippen molar-refractivity contribution < 1.29 is 0 Å². The van der Waals surface area contributed by atoms with Crippen LogP contribution in [0.4, 0.5) is 5.95 Å². The molecule has 2 heterocycles. The van der Waals surface area contributed by atoms with E-state index in [2.05, 4.69) is 41.7 Å². The highest BCUT2D eigenvalue weighted by Crippen LogP contribution is 2.34. The molecule has 0 N–H and O–H groups in total. The monoisotopic (exact) mass is 272 g/mol. The molecule has 0 spiro atoms. The second-order valence-electron chi connectivity index (χ2n) is 6.79. The van der Waals surface area contributed by atoms with E-state index in [0.717, 1.165) is 30.6 Å². The number of hydrogen-bond acceptors (Lipinski definition) is 4. The Balaban J connectivity index is 2.15. The van der Waals surface area contributed by atoms with Crippen LogP contribution in [0.5, 0.6) is 0 Å². The quantitative estimate of drug-likeness (QED) is 0.787. The Morgan fingerprint density at radius 1 is 1.25 bits per heavy atom. The first-order valence-electron chi connectivity index (χ1n) is 7.41. The number of aromatic nitrogens is 2. The Labute approximate surface area is 121 Å². The Morgan fingerprint density at radius 3 is 2.65 bits per heavy atom. The molecule has 0 saturated carbocycles. The van der Waals surface area contributed by atoms with E-state index in [1.165, 1.54) is 19.3 Å². The summed E-state index contributed by atoms with van der Waals surface area (Å²) in [5, 5.41) is 9.03. The molecule has 1 aliphatic heterocycles. The lowest BCUT2D eigenvalue weighted by Crippen LogP contribution is -2.28. The van der Waals surface area contributed by atoms with Crippen molar-refractivity contribution in [3.63, 3.8) is 0 Å². The second-order valence-corrected chi connectivity index (χ2v) is 6.79. The molecule has 1 fully saturated rings. The molecule has 1 aromatic heterocycles. The van der Waals surface area contributed by atoms with Crippen molar-refractivity contribution in [2.24, 2.45) is 11.3 Å². The van der Waals surface area contributed by atoms with Gasteiger partial charge in [0.2, 0.25) is 5.95 Å². The van der Waals surface area contributed by atoms with Gasteiger partial charge in [-0.15, -0.1) is 0 Å². The van der Waals surface area contributed by atoms with Gasteiger partial charge in [-0.05, 0) is 43.6 Å². The van der Waals surface area contributed by atoms with Gasteiger partial charge in [0.05, 0.1) is 0 Å². The van der Waals surface area contributed by atoms with E-state index >= 15 is 0 Å². The van der Waals surface area contributed by atoms with Crippen LogP contribution in [-0.4, -0.2) is 23.1 Å². The van der Waals surface area contributed by atoms with E-state index < -0.39 is 0 Å². The van der Waals surface area contributed by atoms with E-state index in [0.29, 0.717) is 11.1 Å². The molecule has 1 aromatic rings. The summed E-state index contributed by atoms with van der Waals surface area (Å²) in [4.78, 5) is 11.1. The topological polar surface area (TPSA) is 52.8 Å². The fourth-order valence-electron chi connectivity index (χ4n) is 2.91. The zero-order valence-corrected chi connectivity index (χ0v) is 13.0. The van der Waals surface area contributed by atoms with E-state index in [-0.39, 0.29) is 0 Å². The van der Waals surface area contributed by atoms with E-state index in [1.807, 2.05) is 6.92 Å². The molecule has 1 unspecified atom stereocenters. The maximum absolute atomic E-state index is 9.03. The number of anilines is 1. The van der Waals surface area contributed by atoms with E-state index in [9.17, 15) is 0 Å². The fourth-order valence-corrected chi connectivity index (χ4v) is 2.91. The van der Waals surface area contributed by atoms with Gasteiger partial charge in [-0.2, -0.15) is 5.26 Å². The smallest absolute Gasteiger partial charge is 0.226 e. The minimum absolute atomic E-state index is 0.362. The number of nitriles is 1. The predicted octanol–water partition coefficient (Wildman–Crippen LogP) is 3.31. The highest BCUT2D eigenvalue weighted by Gasteiger charge is 2.27. The lowest BCUT2D eigenvalue weighted by Gasteiger charge is -2.29. The average molecular weight is 272 g/mol. The van der Waals surface area contributed by atoms with Gasteiger partial charge >= 0.3 is 0 Å². The number of hydrogen-bond donors (Lipinski definition) is 0. The third-order valence-electron chi connectivity index (χ3n) is 4.19. The van der Waals surface area contributed by atoms with Crippen LogP contribution in [0.2, 0.25) is 0 Å². The standard InChI is InChI=1S/C16H24N4/c1-12-10-14(11-17)19-15(18-12)20-8-5-6-13(7-9-20)16(2,3)4/h10,13H,5-9H2,1-4H3. The Kier molecular flexibility index (Phi) is 4.27. The van der Waals surface area contributed by atoms with Crippen LogP contribution in [-0.2, 0) is 0 Å². The van der Waals surface area contributed by atoms with Crippen molar-refractivity contribution in [1.29, 1.82) is 5.26 Å². The van der Waals surface area contributed by atoms with Gasteiger partial charge in [-0.25, -0.2) is 9.97 Å². The van der Waals surface area contributed by atoms with E-state index in [1.54, 1.807) is 6.07 Å². The maximum atomic E-state index is 9.03. The largest absolute Gasteiger partial charge is 0.341 e. The maximum Gasteiger partial charge on any atom is 0.226 e. The van der Waals surface area contributed by atoms with Gasteiger partial charge in [0.15, 0.2) is 0 Å². The second kappa shape index (κ2) is 5.78. The van der Waals surface area contributed by atoms with Crippen molar-refractivity contribution in [2.75, 3.05) is 18.0 Å². The third kappa shape index (κ3) is 3.47. The van der Waals surface area contributed by atoms with Crippen molar-refractivity contribution in [1.82, 2.24) is 9.97 Å². The molecule has 0 aliphatic carbocycles. The van der Waals surface area contributed by atoms with Gasteiger partial charge in [-0.3, -0.25) is 0 Å². The molecule has 1 aliphatic rings. The normalized spacial score (nSPS) is 20.4. The summed E-state index contributed by atoms with van der Waals surface area (Å²) in [6.07, 6.45) is 3.60. The number of nitrogens with zero attached hydrogens (tertiary/aromatic N) is 4.